The van der Waals surface area contributed by atoms with E-state index in [1.165, 1.54) is 6.08 Å². The first-order valence-corrected chi connectivity index (χ1v) is 4.14. The first-order valence-electron chi connectivity index (χ1n) is 4.14. The zero-order valence-corrected chi connectivity index (χ0v) is 7.58. The van der Waals surface area contributed by atoms with E-state index in [4.69, 9.17) is 4.74 Å². The van der Waals surface area contributed by atoms with Gasteiger partial charge in [0, 0.05) is 6.08 Å². The molecule has 2 nitrogen and oxygen atoms in total. The van der Waals surface area contributed by atoms with Crippen LogP contribution in [0.4, 0.5) is 0 Å². The molecule has 1 atom stereocenters. The van der Waals surface area contributed by atoms with Gasteiger partial charge in [0.25, 0.3) is 0 Å². The Morgan fingerprint density at radius 3 is 2.75 bits per heavy atom. The zero-order chi connectivity index (χ0) is 9.40. The van der Waals surface area contributed by atoms with Crippen molar-refractivity contribution >= 4 is 5.97 Å². The molecule has 0 saturated carbocycles. The van der Waals surface area contributed by atoms with E-state index in [9.17, 15) is 4.79 Å². The maximum Gasteiger partial charge on any atom is 0.330 e. The van der Waals surface area contributed by atoms with Crippen molar-refractivity contribution in [3.05, 3.63) is 25.3 Å². The Balaban J connectivity index is 3.44. The molecule has 0 aromatic heterocycles. The number of hydrogen-bond acceptors (Lipinski definition) is 2. The van der Waals surface area contributed by atoms with Crippen molar-refractivity contribution in [2.24, 2.45) is 0 Å². The van der Waals surface area contributed by atoms with Crippen LogP contribution in [0.1, 0.15) is 26.2 Å². The second-order valence-electron chi connectivity index (χ2n) is 2.67. The minimum absolute atomic E-state index is 0.0181. The Morgan fingerprint density at radius 1 is 1.58 bits per heavy atom. The van der Waals surface area contributed by atoms with E-state index in [1.807, 2.05) is 13.0 Å². The fraction of sp³-hybridized carbons (Fsp3) is 0.500. The van der Waals surface area contributed by atoms with Crippen molar-refractivity contribution in [3.63, 3.8) is 0 Å². The first-order chi connectivity index (χ1) is 5.70. The number of carbonyl (C=O) groups is 1. The predicted molar refractivity (Wildman–Crippen MR) is 49.8 cm³/mol. The van der Waals surface area contributed by atoms with E-state index in [0.717, 1.165) is 19.3 Å². The minimum atomic E-state index is -0.346. The molecule has 0 radical (unpaired) electrons. The third-order valence-corrected chi connectivity index (χ3v) is 1.50. The topological polar surface area (TPSA) is 26.3 Å². The average Bonchev–Trinajstić information content (AvgIpc) is 2.05. The number of rotatable bonds is 6. The molecule has 0 fully saturated rings. The van der Waals surface area contributed by atoms with Gasteiger partial charge in [-0.3, -0.25) is 0 Å². The molecule has 0 aliphatic rings. The summed E-state index contributed by atoms with van der Waals surface area (Å²) < 4.78 is 4.95. The van der Waals surface area contributed by atoms with Crippen LogP contribution in [0.15, 0.2) is 25.3 Å². The molecule has 0 amide bonds. The van der Waals surface area contributed by atoms with E-state index >= 15 is 0 Å². The maximum absolute atomic E-state index is 10.7. The molecule has 0 saturated heterocycles. The molecular formula is C10H16O2. The highest BCUT2D eigenvalue weighted by atomic mass is 16.5. The van der Waals surface area contributed by atoms with Crippen molar-refractivity contribution < 1.29 is 9.53 Å². The van der Waals surface area contributed by atoms with Gasteiger partial charge in [0.05, 0.1) is 6.10 Å². The van der Waals surface area contributed by atoms with Crippen LogP contribution in [0.3, 0.4) is 0 Å². The molecule has 12 heavy (non-hydrogen) atoms. The van der Waals surface area contributed by atoms with Crippen LogP contribution in [-0.2, 0) is 9.53 Å². The molecule has 0 spiro atoms. The fourth-order valence-electron chi connectivity index (χ4n) is 0.855. The van der Waals surface area contributed by atoms with Crippen molar-refractivity contribution in [2.45, 2.75) is 32.3 Å². The molecule has 0 N–H and O–H groups in total. The first kappa shape index (κ1) is 11.0. The minimum Gasteiger partial charge on any atom is -0.460 e. The van der Waals surface area contributed by atoms with E-state index in [-0.39, 0.29) is 12.1 Å². The molecule has 0 aromatic rings. The Morgan fingerprint density at radius 2 is 2.25 bits per heavy atom. The number of ether oxygens (including phenoxy) is 1. The van der Waals surface area contributed by atoms with Crippen molar-refractivity contribution in [1.82, 2.24) is 0 Å². The Hall–Kier alpha value is -1.05. The second-order valence-corrected chi connectivity index (χ2v) is 2.67. The lowest BCUT2D eigenvalue weighted by Gasteiger charge is -2.10. The van der Waals surface area contributed by atoms with Crippen LogP contribution in [0.2, 0.25) is 0 Å². The van der Waals surface area contributed by atoms with Gasteiger partial charge < -0.3 is 4.74 Å². The highest BCUT2D eigenvalue weighted by Crippen LogP contribution is 2.04. The third-order valence-electron chi connectivity index (χ3n) is 1.50. The quantitative estimate of drug-likeness (QED) is 0.263. The van der Waals surface area contributed by atoms with Gasteiger partial charge in [-0.2, -0.15) is 0 Å². The summed E-state index contributed by atoms with van der Waals surface area (Å²) in [7, 11) is 0. The molecule has 68 valence electrons. The molecule has 2 heteroatoms. The molecule has 0 heterocycles. The largest absolute Gasteiger partial charge is 0.460 e. The van der Waals surface area contributed by atoms with Crippen LogP contribution in [0.25, 0.3) is 0 Å². The van der Waals surface area contributed by atoms with Crippen molar-refractivity contribution in [2.75, 3.05) is 0 Å². The zero-order valence-electron chi connectivity index (χ0n) is 7.58. The SMILES string of the molecule is C=CCCCC(C)OC(=O)C=C. The van der Waals surface area contributed by atoms with Gasteiger partial charge >= 0.3 is 5.97 Å². The number of allylic oxidation sites excluding steroid dienone is 1. The molecule has 0 bridgehead atoms. The summed E-state index contributed by atoms with van der Waals surface area (Å²) in [6, 6.07) is 0. The molecule has 0 aliphatic carbocycles. The Kier molecular flexibility index (Phi) is 6.07. The lowest BCUT2D eigenvalue weighted by atomic mass is 10.2. The van der Waals surface area contributed by atoms with Crippen LogP contribution in [-0.4, -0.2) is 12.1 Å². The standard InChI is InChI=1S/C10H16O2/c1-4-6-7-8-9(3)12-10(11)5-2/h4-5,9H,1-2,6-8H2,3H3. The van der Waals surface area contributed by atoms with Gasteiger partial charge in [-0.05, 0) is 26.2 Å². The van der Waals surface area contributed by atoms with E-state index in [1.54, 1.807) is 0 Å². The molecule has 0 aliphatic heterocycles. The van der Waals surface area contributed by atoms with Crippen molar-refractivity contribution in [3.8, 4) is 0 Å². The van der Waals surface area contributed by atoms with Gasteiger partial charge in [0.15, 0.2) is 0 Å². The predicted octanol–water partition coefficient (Wildman–Crippen LogP) is 2.46. The van der Waals surface area contributed by atoms with Gasteiger partial charge in [0.1, 0.15) is 0 Å². The summed E-state index contributed by atoms with van der Waals surface area (Å²) in [5.74, 6) is -0.346. The van der Waals surface area contributed by atoms with Crippen LogP contribution in [0.5, 0.6) is 0 Å². The van der Waals surface area contributed by atoms with E-state index in [2.05, 4.69) is 13.2 Å². The average molecular weight is 168 g/mol. The fourth-order valence-corrected chi connectivity index (χ4v) is 0.855. The smallest absolute Gasteiger partial charge is 0.330 e. The monoisotopic (exact) mass is 168 g/mol. The molecule has 0 aromatic carbocycles. The number of hydrogen-bond donors (Lipinski definition) is 0. The summed E-state index contributed by atoms with van der Waals surface area (Å²) in [6.45, 7) is 8.81. The molecule has 0 rings (SSSR count). The summed E-state index contributed by atoms with van der Waals surface area (Å²) in [5.41, 5.74) is 0. The summed E-state index contributed by atoms with van der Waals surface area (Å²) in [5, 5.41) is 0. The summed E-state index contributed by atoms with van der Waals surface area (Å²) in [4.78, 5) is 10.7. The van der Waals surface area contributed by atoms with Crippen LogP contribution in [0, 0.1) is 0 Å². The highest BCUT2D eigenvalue weighted by Gasteiger charge is 2.04. The van der Waals surface area contributed by atoms with E-state index < -0.39 is 0 Å². The molecule has 1 unspecified atom stereocenters. The van der Waals surface area contributed by atoms with Gasteiger partial charge in [-0.25, -0.2) is 4.79 Å². The number of unbranched alkanes of at least 4 members (excludes halogenated alkanes) is 1. The second kappa shape index (κ2) is 6.65. The van der Waals surface area contributed by atoms with Crippen LogP contribution >= 0.6 is 0 Å². The van der Waals surface area contributed by atoms with Gasteiger partial charge in [-0.15, -0.1) is 6.58 Å². The normalized spacial score (nSPS) is 11.8. The maximum atomic E-state index is 10.7. The number of esters is 1. The van der Waals surface area contributed by atoms with Crippen molar-refractivity contribution in [1.29, 1.82) is 0 Å². The molecular weight excluding hydrogens is 152 g/mol. The Bertz CT molecular complexity index is 161. The lowest BCUT2D eigenvalue weighted by Crippen LogP contribution is -2.12. The summed E-state index contributed by atoms with van der Waals surface area (Å²) in [6.07, 6.45) is 5.89. The summed E-state index contributed by atoms with van der Waals surface area (Å²) >= 11 is 0. The highest BCUT2D eigenvalue weighted by molar-refractivity contribution is 5.81. The van der Waals surface area contributed by atoms with Crippen LogP contribution < -0.4 is 0 Å². The number of carbonyl (C=O) groups excluding carboxylic acids is 1. The van der Waals surface area contributed by atoms with E-state index in [0.29, 0.717) is 0 Å². The lowest BCUT2D eigenvalue weighted by molar-refractivity contribution is -0.142. The van der Waals surface area contributed by atoms with Gasteiger partial charge in [-0.1, -0.05) is 12.7 Å². The third kappa shape index (κ3) is 5.71. The Labute approximate surface area is 73.9 Å². The van der Waals surface area contributed by atoms with Gasteiger partial charge in [0.2, 0.25) is 0 Å².